The monoisotopic (exact) mass is 327 g/mol. The van der Waals surface area contributed by atoms with Gasteiger partial charge in [0.05, 0.1) is 15.2 Å². The van der Waals surface area contributed by atoms with Gasteiger partial charge < -0.3 is 0 Å². The molecule has 18 heavy (non-hydrogen) atoms. The van der Waals surface area contributed by atoms with Crippen LogP contribution in [0.3, 0.4) is 0 Å². The Kier molecular flexibility index (Phi) is 2.94. The van der Waals surface area contributed by atoms with Crippen molar-refractivity contribution in [2.24, 2.45) is 11.8 Å². The molecule has 0 aromatic heterocycles. The van der Waals surface area contributed by atoms with Gasteiger partial charge in [0.25, 0.3) is 0 Å². The standard InChI is InChI=1S/C13H11BrClNO2/c14-11-9(15)2-1-3-10(11)16-12(17)7-4-5-8(6-7)13(16)18/h1-3,7-8H,4-6H2. The van der Waals surface area contributed by atoms with Gasteiger partial charge in [-0.2, -0.15) is 0 Å². The zero-order valence-electron chi connectivity index (χ0n) is 9.53. The molecule has 5 heteroatoms. The van der Waals surface area contributed by atoms with Crippen molar-refractivity contribution in [2.75, 3.05) is 4.90 Å². The van der Waals surface area contributed by atoms with Crippen LogP contribution in [0.1, 0.15) is 19.3 Å². The van der Waals surface area contributed by atoms with Gasteiger partial charge in [0, 0.05) is 11.8 Å². The number of amides is 2. The molecule has 2 amide bonds. The summed E-state index contributed by atoms with van der Waals surface area (Å²) in [6, 6.07) is 5.22. The number of piperidine rings is 1. The molecule has 0 radical (unpaired) electrons. The van der Waals surface area contributed by atoms with Gasteiger partial charge >= 0.3 is 0 Å². The van der Waals surface area contributed by atoms with E-state index in [1.165, 1.54) is 4.90 Å². The SMILES string of the molecule is O=C1C2CCC(C2)C(=O)N1c1cccc(Cl)c1Br. The lowest BCUT2D eigenvalue weighted by Crippen LogP contribution is -2.46. The highest BCUT2D eigenvalue weighted by Gasteiger charge is 2.46. The van der Waals surface area contributed by atoms with Crippen molar-refractivity contribution in [3.05, 3.63) is 27.7 Å². The summed E-state index contributed by atoms with van der Waals surface area (Å²) < 4.78 is 0.606. The first-order valence-electron chi connectivity index (χ1n) is 5.91. The maximum absolute atomic E-state index is 12.3. The highest BCUT2D eigenvalue weighted by molar-refractivity contribution is 9.10. The van der Waals surface area contributed by atoms with Gasteiger partial charge in [-0.3, -0.25) is 9.59 Å². The summed E-state index contributed by atoms with van der Waals surface area (Å²) in [6.07, 6.45) is 2.36. The molecule has 94 valence electrons. The number of imide groups is 1. The third-order valence-electron chi connectivity index (χ3n) is 3.74. The van der Waals surface area contributed by atoms with Crippen molar-refractivity contribution >= 4 is 45.0 Å². The van der Waals surface area contributed by atoms with E-state index >= 15 is 0 Å². The fourth-order valence-electron chi connectivity index (χ4n) is 2.81. The van der Waals surface area contributed by atoms with Gasteiger partial charge in [-0.05, 0) is 47.3 Å². The minimum absolute atomic E-state index is 0.00131. The van der Waals surface area contributed by atoms with Gasteiger partial charge in [0.15, 0.2) is 0 Å². The van der Waals surface area contributed by atoms with Crippen LogP contribution in [0.2, 0.25) is 5.02 Å². The molecule has 2 aliphatic rings. The molecule has 2 bridgehead atoms. The van der Waals surface area contributed by atoms with Crippen LogP contribution in [0.25, 0.3) is 0 Å². The van der Waals surface area contributed by atoms with Gasteiger partial charge in [-0.1, -0.05) is 17.7 Å². The van der Waals surface area contributed by atoms with E-state index in [4.69, 9.17) is 11.6 Å². The van der Waals surface area contributed by atoms with Gasteiger partial charge in [-0.25, -0.2) is 4.90 Å². The molecule has 0 N–H and O–H groups in total. The second-order valence-corrected chi connectivity index (χ2v) is 5.99. The van der Waals surface area contributed by atoms with Gasteiger partial charge in [0.1, 0.15) is 0 Å². The molecule has 1 saturated heterocycles. The molecule has 2 atom stereocenters. The summed E-state index contributed by atoms with van der Waals surface area (Å²) in [6.45, 7) is 0. The zero-order chi connectivity index (χ0) is 12.9. The third-order valence-corrected chi connectivity index (χ3v) is 5.12. The van der Waals surface area contributed by atoms with E-state index in [1.807, 2.05) is 0 Å². The van der Waals surface area contributed by atoms with E-state index in [2.05, 4.69) is 15.9 Å². The van der Waals surface area contributed by atoms with Crippen molar-refractivity contribution in [1.29, 1.82) is 0 Å². The predicted molar refractivity (Wildman–Crippen MR) is 72.5 cm³/mol. The molecular weight excluding hydrogens is 318 g/mol. The normalized spacial score (nSPS) is 26.9. The summed E-state index contributed by atoms with van der Waals surface area (Å²) in [5, 5.41) is 0.506. The van der Waals surface area contributed by atoms with Crippen LogP contribution in [-0.2, 0) is 9.59 Å². The van der Waals surface area contributed by atoms with Crippen molar-refractivity contribution in [3.8, 4) is 0 Å². The Morgan fingerprint density at radius 2 is 1.78 bits per heavy atom. The van der Waals surface area contributed by atoms with Crippen LogP contribution in [0.4, 0.5) is 5.69 Å². The number of halogens is 2. The number of carbonyl (C=O) groups excluding carboxylic acids is 2. The Hall–Kier alpha value is -0.870. The molecule has 1 aromatic rings. The van der Waals surface area contributed by atoms with Crippen molar-refractivity contribution in [1.82, 2.24) is 0 Å². The second kappa shape index (κ2) is 4.35. The Morgan fingerprint density at radius 3 is 2.39 bits per heavy atom. The lowest BCUT2D eigenvalue weighted by molar-refractivity contribution is -0.133. The minimum atomic E-state index is -0.0864. The van der Waals surface area contributed by atoms with E-state index in [-0.39, 0.29) is 23.7 Å². The van der Waals surface area contributed by atoms with Gasteiger partial charge in [0.2, 0.25) is 11.8 Å². The largest absolute Gasteiger partial charge is 0.274 e. The number of nitrogens with zero attached hydrogens (tertiary/aromatic N) is 1. The van der Waals surface area contributed by atoms with Crippen molar-refractivity contribution in [3.63, 3.8) is 0 Å². The average Bonchev–Trinajstić information content (AvgIpc) is 2.79. The predicted octanol–water partition coefficient (Wildman–Crippen LogP) is 3.39. The number of fused-ring (bicyclic) bond motifs is 2. The topological polar surface area (TPSA) is 37.4 Å². The first kappa shape index (κ1) is 12.2. The number of hydrogen-bond acceptors (Lipinski definition) is 2. The molecular formula is C13H11BrClNO2. The highest BCUT2D eigenvalue weighted by Crippen LogP contribution is 2.42. The summed E-state index contributed by atoms with van der Waals surface area (Å²) in [4.78, 5) is 25.9. The molecule has 1 aromatic carbocycles. The summed E-state index contributed by atoms with van der Waals surface area (Å²) in [5.41, 5.74) is 0.564. The Labute approximate surface area is 118 Å². The van der Waals surface area contributed by atoms with Crippen LogP contribution in [0.15, 0.2) is 22.7 Å². The molecule has 1 heterocycles. The van der Waals surface area contributed by atoms with E-state index in [9.17, 15) is 9.59 Å². The smallest absolute Gasteiger partial charge is 0.236 e. The number of rotatable bonds is 1. The van der Waals surface area contributed by atoms with Crippen LogP contribution < -0.4 is 4.90 Å². The molecule has 3 rings (SSSR count). The molecule has 2 unspecified atom stereocenters. The Morgan fingerprint density at radius 1 is 1.17 bits per heavy atom. The first-order valence-corrected chi connectivity index (χ1v) is 7.08. The average molecular weight is 329 g/mol. The van der Waals surface area contributed by atoms with Crippen LogP contribution in [0, 0.1) is 11.8 Å². The number of benzene rings is 1. The Balaban J connectivity index is 2.08. The molecule has 3 nitrogen and oxygen atoms in total. The van der Waals surface area contributed by atoms with Crippen LogP contribution in [0.5, 0.6) is 0 Å². The van der Waals surface area contributed by atoms with E-state index in [0.717, 1.165) is 12.8 Å². The maximum Gasteiger partial charge on any atom is 0.236 e. The first-order chi connectivity index (χ1) is 8.59. The Bertz CT molecular complexity index is 524. The number of anilines is 1. The summed E-state index contributed by atoms with van der Waals surface area (Å²) >= 11 is 9.37. The third kappa shape index (κ3) is 1.70. The maximum atomic E-state index is 12.3. The molecule has 1 aliphatic heterocycles. The van der Waals surface area contributed by atoms with E-state index in [1.54, 1.807) is 18.2 Å². The van der Waals surface area contributed by atoms with Gasteiger partial charge in [-0.15, -0.1) is 0 Å². The van der Waals surface area contributed by atoms with E-state index in [0.29, 0.717) is 21.6 Å². The number of carbonyl (C=O) groups is 2. The van der Waals surface area contributed by atoms with Crippen molar-refractivity contribution in [2.45, 2.75) is 19.3 Å². The zero-order valence-corrected chi connectivity index (χ0v) is 11.9. The molecule has 2 fully saturated rings. The quantitative estimate of drug-likeness (QED) is 0.741. The lowest BCUT2D eigenvalue weighted by atomic mass is 9.96. The van der Waals surface area contributed by atoms with Crippen molar-refractivity contribution < 1.29 is 9.59 Å². The molecule has 0 spiro atoms. The van der Waals surface area contributed by atoms with Crippen LogP contribution >= 0.6 is 27.5 Å². The minimum Gasteiger partial charge on any atom is -0.274 e. The van der Waals surface area contributed by atoms with Crippen LogP contribution in [-0.4, -0.2) is 11.8 Å². The molecule has 1 saturated carbocycles. The van der Waals surface area contributed by atoms with E-state index < -0.39 is 0 Å². The highest BCUT2D eigenvalue weighted by atomic mass is 79.9. The second-order valence-electron chi connectivity index (χ2n) is 4.79. The fraction of sp³-hybridized carbons (Fsp3) is 0.385. The lowest BCUT2D eigenvalue weighted by Gasteiger charge is -2.30. The summed E-state index contributed by atoms with van der Waals surface area (Å²) in [5.74, 6) is -0.175. The number of hydrogen-bond donors (Lipinski definition) is 0. The molecule has 1 aliphatic carbocycles. The fourth-order valence-corrected chi connectivity index (χ4v) is 3.42. The summed E-state index contributed by atoms with van der Waals surface area (Å²) in [7, 11) is 0.